The van der Waals surface area contributed by atoms with Crippen LogP contribution in [-0.2, 0) is 0 Å². The molecule has 4 nitrogen and oxygen atoms in total. The van der Waals surface area contributed by atoms with Crippen LogP contribution in [-0.4, -0.2) is 35.2 Å². The molecule has 0 aliphatic carbocycles. The first-order valence-electron chi connectivity index (χ1n) is 3.84. The van der Waals surface area contributed by atoms with Gasteiger partial charge in [0, 0.05) is 19.1 Å². The molecule has 1 aliphatic rings. The van der Waals surface area contributed by atoms with E-state index in [2.05, 4.69) is 0 Å². The second-order valence-corrected chi connectivity index (χ2v) is 3.16. The highest BCUT2D eigenvalue weighted by atomic mass is 16.4. The predicted octanol–water partition coefficient (Wildman–Crippen LogP) is 0.334. The lowest BCUT2D eigenvalue weighted by atomic mass is 9.95. The Morgan fingerprint density at radius 2 is 2.36 bits per heavy atom. The Morgan fingerprint density at radius 1 is 1.73 bits per heavy atom. The van der Waals surface area contributed by atoms with Gasteiger partial charge in [-0.3, -0.25) is 0 Å². The minimum Gasteiger partial charge on any atom is -0.465 e. The number of carbonyl (C=O) groups is 1. The second kappa shape index (κ2) is 3.09. The van der Waals surface area contributed by atoms with Crippen molar-refractivity contribution < 1.29 is 9.90 Å². The summed E-state index contributed by atoms with van der Waals surface area (Å²) in [6, 6.07) is 0.172. The Labute approximate surface area is 66.0 Å². The molecule has 0 aromatic heterocycles. The van der Waals surface area contributed by atoms with Crippen LogP contribution in [0.1, 0.15) is 13.3 Å². The molecule has 2 unspecified atom stereocenters. The lowest BCUT2D eigenvalue weighted by Crippen LogP contribution is -2.47. The first kappa shape index (κ1) is 8.33. The summed E-state index contributed by atoms with van der Waals surface area (Å²) in [5.41, 5.74) is 5.72. The highest BCUT2D eigenvalue weighted by molar-refractivity contribution is 5.65. The largest absolute Gasteiger partial charge is 0.465 e. The van der Waals surface area contributed by atoms with Gasteiger partial charge in [-0.15, -0.1) is 0 Å². The molecule has 1 heterocycles. The third kappa shape index (κ3) is 1.83. The Kier molecular flexibility index (Phi) is 2.34. The summed E-state index contributed by atoms with van der Waals surface area (Å²) < 4.78 is 0. The molecule has 3 N–H and O–H groups in total. The number of nitrogens with zero attached hydrogens (tertiary/aromatic N) is 1. The maximum atomic E-state index is 10.5. The van der Waals surface area contributed by atoms with Crippen molar-refractivity contribution in [2.45, 2.75) is 19.4 Å². The summed E-state index contributed by atoms with van der Waals surface area (Å²) >= 11 is 0. The normalized spacial score (nSPS) is 32.0. The summed E-state index contributed by atoms with van der Waals surface area (Å²) in [5.74, 6) is 0.292. The van der Waals surface area contributed by atoms with E-state index in [1.807, 2.05) is 6.92 Å². The van der Waals surface area contributed by atoms with Gasteiger partial charge in [-0.05, 0) is 12.3 Å². The monoisotopic (exact) mass is 158 g/mol. The van der Waals surface area contributed by atoms with E-state index in [0.717, 1.165) is 6.42 Å². The van der Waals surface area contributed by atoms with E-state index >= 15 is 0 Å². The van der Waals surface area contributed by atoms with E-state index < -0.39 is 6.09 Å². The third-order valence-corrected chi connectivity index (χ3v) is 2.24. The lowest BCUT2D eigenvalue weighted by Gasteiger charge is -2.33. The molecule has 1 rings (SSSR count). The van der Waals surface area contributed by atoms with Crippen LogP contribution in [0.15, 0.2) is 0 Å². The maximum Gasteiger partial charge on any atom is 0.407 e. The van der Waals surface area contributed by atoms with Crippen LogP contribution in [0.2, 0.25) is 0 Å². The zero-order chi connectivity index (χ0) is 8.43. The van der Waals surface area contributed by atoms with Crippen molar-refractivity contribution in [1.29, 1.82) is 0 Å². The fraction of sp³-hybridized carbons (Fsp3) is 0.857. The summed E-state index contributed by atoms with van der Waals surface area (Å²) in [6.45, 7) is 3.15. The zero-order valence-corrected chi connectivity index (χ0v) is 6.66. The van der Waals surface area contributed by atoms with Crippen molar-refractivity contribution in [3.8, 4) is 0 Å². The SMILES string of the molecule is CC1CN(C(=O)O)CCC1N. The van der Waals surface area contributed by atoms with Crippen molar-refractivity contribution in [2.24, 2.45) is 11.7 Å². The van der Waals surface area contributed by atoms with Crippen LogP contribution in [0.5, 0.6) is 0 Å². The van der Waals surface area contributed by atoms with Gasteiger partial charge in [0.05, 0.1) is 0 Å². The number of piperidine rings is 1. The van der Waals surface area contributed by atoms with Crippen LogP contribution in [0, 0.1) is 5.92 Å². The molecule has 1 aliphatic heterocycles. The first-order chi connectivity index (χ1) is 5.11. The molecule has 64 valence electrons. The minimum absolute atomic E-state index is 0.172. The fourth-order valence-electron chi connectivity index (χ4n) is 1.34. The molecule has 11 heavy (non-hydrogen) atoms. The number of nitrogens with two attached hydrogens (primary N) is 1. The van der Waals surface area contributed by atoms with Crippen LogP contribution in [0.4, 0.5) is 4.79 Å². The standard InChI is InChI=1S/C7H14N2O2/c1-5-4-9(7(10)11)3-2-6(5)8/h5-6H,2-4,8H2,1H3,(H,10,11). The quantitative estimate of drug-likeness (QED) is 0.534. The average molecular weight is 158 g/mol. The maximum absolute atomic E-state index is 10.5. The van der Waals surface area contributed by atoms with Gasteiger partial charge in [-0.25, -0.2) is 4.79 Å². The van der Waals surface area contributed by atoms with Gasteiger partial charge in [-0.1, -0.05) is 6.92 Å². The number of likely N-dealkylation sites (tertiary alicyclic amines) is 1. The number of amides is 1. The molecule has 2 atom stereocenters. The molecule has 4 heteroatoms. The Bertz CT molecular complexity index is 161. The number of carboxylic acid groups (broad SMARTS) is 1. The molecule has 0 saturated carbocycles. The smallest absolute Gasteiger partial charge is 0.407 e. The van der Waals surface area contributed by atoms with Gasteiger partial charge in [-0.2, -0.15) is 0 Å². The van der Waals surface area contributed by atoms with Crippen LogP contribution in [0.25, 0.3) is 0 Å². The zero-order valence-electron chi connectivity index (χ0n) is 6.66. The molecule has 1 amide bonds. The van der Waals surface area contributed by atoms with Gasteiger partial charge in [0.15, 0.2) is 0 Å². The van der Waals surface area contributed by atoms with Crippen LogP contribution >= 0.6 is 0 Å². The number of hydrogen-bond acceptors (Lipinski definition) is 2. The van der Waals surface area contributed by atoms with Gasteiger partial charge in [0.1, 0.15) is 0 Å². The van der Waals surface area contributed by atoms with Crippen LogP contribution in [0.3, 0.4) is 0 Å². The van der Waals surface area contributed by atoms with Gasteiger partial charge in [0.2, 0.25) is 0 Å². The lowest BCUT2D eigenvalue weighted by molar-refractivity contribution is 0.117. The average Bonchev–Trinajstić information content (AvgIpc) is 1.94. The molecule has 1 fully saturated rings. The molecule has 0 aromatic rings. The summed E-state index contributed by atoms with van der Waals surface area (Å²) in [5, 5.41) is 8.63. The molecular weight excluding hydrogens is 144 g/mol. The second-order valence-electron chi connectivity index (χ2n) is 3.16. The van der Waals surface area contributed by atoms with Crippen molar-refractivity contribution in [1.82, 2.24) is 4.90 Å². The highest BCUT2D eigenvalue weighted by Crippen LogP contribution is 2.14. The molecule has 0 radical (unpaired) electrons. The van der Waals surface area contributed by atoms with Gasteiger partial charge >= 0.3 is 6.09 Å². The molecule has 0 bridgehead atoms. The summed E-state index contributed by atoms with van der Waals surface area (Å²) in [6.07, 6.45) is -0.0447. The number of hydrogen-bond donors (Lipinski definition) is 2. The van der Waals surface area contributed by atoms with E-state index in [1.54, 1.807) is 0 Å². The van der Waals surface area contributed by atoms with Gasteiger partial charge < -0.3 is 15.7 Å². The van der Waals surface area contributed by atoms with E-state index in [-0.39, 0.29) is 6.04 Å². The van der Waals surface area contributed by atoms with Crippen molar-refractivity contribution in [2.75, 3.05) is 13.1 Å². The van der Waals surface area contributed by atoms with Gasteiger partial charge in [0.25, 0.3) is 0 Å². The summed E-state index contributed by atoms with van der Waals surface area (Å²) in [7, 11) is 0. The topological polar surface area (TPSA) is 66.6 Å². The van der Waals surface area contributed by atoms with Crippen molar-refractivity contribution in [3.63, 3.8) is 0 Å². The first-order valence-corrected chi connectivity index (χ1v) is 3.84. The van der Waals surface area contributed by atoms with E-state index in [0.29, 0.717) is 19.0 Å². The Hall–Kier alpha value is -0.770. The molecule has 1 saturated heterocycles. The Morgan fingerprint density at radius 3 is 2.82 bits per heavy atom. The fourth-order valence-corrected chi connectivity index (χ4v) is 1.34. The van der Waals surface area contributed by atoms with E-state index in [9.17, 15) is 4.79 Å². The third-order valence-electron chi connectivity index (χ3n) is 2.24. The van der Waals surface area contributed by atoms with Crippen LogP contribution < -0.4 is 5.73 Å². The molecule has 0 spiro atoms. The van der Waals surface area contributed by atoms with E-state index in [1.165, 1.54) is 4.90 Å². The van der Waals surface area contributed by atoms with Crippen molar-refractivity contribution in [3.05, 3.63) is 0 Å². The highest BCUT2D eigenvalue weighted by Gasteiger charge is 2.25. The number of rotatable bonds is 0. The minimum atomic E-state index is -0.830. The summed E-state index contributed by atoms with van der Waals surface area (Å²) in [4.78, 5) is 11.9. The molecular formula is C7H14N2O2. The van der Waals surface area contributed by atoms with Crippen molar-refractivity contribution >= 4 is 6.09 Å². The predicted molar refractivity (Wildman–Crippen MR) is 41.4 cm³/mol. The Balaban J connectivity index is 2.46. The van der Waals surface area contributed by atoms with E-state index in [4.69, 9.17) is 10.8 Å². The molecule has 0 aromatic carbocycles.